The van der Waals surface area contributed by atoms with Crippen LogP contribution in [0.5, 0.6) is 0 Å². The summed E-state index contributed by atoms with van der Waals surface area (Å²) in [6.45, 7) is 1.54. The van der Waals surface area contributed by atoms with Crippen LogP contribution in [0.3, 0.4) is 0 Å². The summed E-state index contributed by atoms with van der Waals surface area (Å²) < 4.78 is 0. The highest BCUT2D eigenvalue weighted by Crippen LogP contribution is 1.89. The van der Waals surface area contributed by atoms with Crippen molar-refractivity contribution in [2.45, 2.75) is 13.3 Å². The van der Waals surface area contributed by atoms with Gasteiger partial charge < -0.3 is 0 Å². The lowest BCUT2D eigenvalue weighted by Crippen LogP contribution is -2.53. The van der Waals surface area contributed by atoms with Gasteiger partial charge in [0.1, 0.15) is 12.1 Å². The zero-order valence-corrected chi connectivity index (χ0v) is 9.47. The van der Waals surface area contributed by atoms with Gasteiger partial charge >= 0.3 is 5.91 Å². The third-order valence-corrected chi connectivity index (χ3v) is 1.40. The molecule has 0 spiro atoms. The Bertz CT molecular complexity index is 209. The fraction of sp³-hybridized carbons (Fsp3) is 0.667. The van der Waals surface area contributed by atoms with E-state index in [-0.39, 0.29) is 18.6 Å². The van der Waals surface area contributed by atoms with Gasteiger partial charge in [0.25, 0.3) is 0 Å². The Balaban J connectivity index is 4.19. The molecular weight excluding hydrogens is 249 g/mol. The molecule has 0 atom stereocenters. The van der Waals surface area contributed by atoms with E-state index in [0.717, 1.165) is 0 Å². The van der Waals surface area contributed by atoms with Crippen molar-refractivity contribution in [1.82, 2.24) is 16.3 Å². The number of alkyl halides is 2. The molecule has 0 aliphatic heterocycles. The fourth-order valence-electron chi connectivity index (χ4n) is 0.555. The maximum absolute atomic E-state index is 11.3. The largest absolute Gasteiger partial charge is 0.322 e. The van der Waals surface area contributed by atoms with Crippen LogP contribution < -0.4 is 11.2 Å². The maximum atomic E-state index is 11.3. The standard InChI is InChI=1S/C6H11Cl2N3O4/c1-2-5(12)6(13)11(9-14-3-7)10-15-4-8/h9-10H,2-4H2,1H3. The van der Waals surface area contributed by atoms with Gasteiger partial charge in [-0.1, -0.05) is 41.3 Å². The van der Waals surface area contributed by atoms with Crippen molar-refractivity contribution in [3.63, 3.8) is 0 Å². The molecule has 0 rings (SSSR count). The van der Waals surface area contributed by atoms with Crippen LogP contribution >= 0.6 is 23.2 Å². The first-order valence-electron chi connectivity index (χ1n) is 3.91. The Morgan fingerprint density at radius 1 is 1.20 bits per heavy atom. The predicted octanol–water partition coefficient (Wildman–Crippen LogP) is 0.0591. The molecule has 0 aliphatic rings. The molecule has 88 valence electrons. The number of nitrogens with zero attached hydrogens (tertiary/aromatic N) is 1. The molecule has 0 saturated heterocycles. The number of hydrogen-bond acceptors (Lipinski definition) is 6. The van der Waals surface area contributed by atoms with Crippen LogP contribution in [0.2, 0.25) is 0 Å². The van der Waals surface area contributed by atoms with Gasteiger partial charge in [-0.05, 0) is 0 Å². The first kappa shape index (κ1) is 14.6. The molecule has 0 unspecified atom stereocenters. The molecule has 0 aromatic heterocycles. The van der Waals surface area contributed by atoms with Gasteiger partial charge in [0, 0.05) is 6.42 Å². The number of nitrogens with one attached hydrogen (secondary N) is 2. The van der Waals surface area contributed by atoms with Gasteiger partial charge in [0.05, 0.1) is 0 Å². The van der Waals surface area contributed by atoms with Crippen molar-refractivity contribution < 1.29 is 19.3 Å². The normalized spacial score (nSPS) is 10.1. The number of Topliss-reactive ketones (excluding diaryl/α,β-unsaturated/α-hetero) is 1. The van der Waals surface area contributed by atoms with E-state index in [4.69, 9.17) is 23.2 Å². The van der Waals surface area contributed by atoms with E-state index in [0.29, 0.717) is 5.12 Å². The van der Waals surface area contributed by atoms with Crippen molar-refractivity contribution in [1.29, 1.82) is 0 Å². The predicted molar refractivity (Wildman–Crippen MR) is 52.0 cm³/mol. The number of amides is 1. The van der Waals surface area contributed by atoms with Gasteiger partial charge in [-0.25, -0.2) is 0 Å². The molecule has 0 aromatic carbocycles. The van der Waals surface area contributed by atoms with Crippen molar-refractivity contribution in [3.8, 4) is 0 Å². The van der Waals surface area contributed by atoms with Crippen molar-refractivity contribution in [2.75, 3.05) is 12.1 Å². The smallest absolute Gasteiger partial charge is 0.289 e. The van der Waals surface area contributed by atoms with Crippen LogP contribution in [-0.2, 0) is 19.3 Å². The molecule has 0 fully saturated rings. The van der Waals surface area contributed by atoms with Crippen LogP contribution in [0.15, 0.2) is 0 Å². The number of halogens is 2. The second-order valence-corrected chi connectivity index (χ2v) is 2.54. The monoisotopic (exact) mass is 259 g/mol. The SMILES string of the molecule is CCC(=O)C(=O)N(NOCCl)NOCCl. The minimum absolute atomic E-state index is 0.0560. The van der Waals surface area contributed by atoms with Crippen LogP contribution in [0.4, 0.5) is 0 Å². The van der Waals surface area contributed by atoms with Gasteiger partial charge in [0.15, 0.2) is 0 Å². The van der Waals surface area contributed by atoms with Gasteiger partial charge in [-0.3, -0.25) is 19.3 Å². The topological polar surface area (TPSA) is 79.9 Å². The summed E-state index contributed by atoms with van der Waals surface area (Å²) in [4.78, 5) is 31.3. The van der Waals surface area contributed by atoms with Gasteiger partial charge in [-0.2, -0.15) is 5.12 Å². The Hall–Kier alpha value is -0.440. The lowest BCUT2D eigenvalue weighted by Gasteiger charge is -2.20. The van der Waals surface area contributed by atoms with Crippen LogP contribution in [0.1, 0.15) is 13.3 Å². The first-order valence-corrected chi connectivity index (χ1v) is 4.98. The van der Waals surface area contributed by atoms with Crippen LogP contribution in [0.25, 0.3) is 0 Å². The molecule has 0 radical (unpaired) electrons. The highest BCUT2D eigenvalue weighted by Gasteiger charge is 2.20. The van der Waals surface area contributed by atoms with E-state index in [9.17, 15) is 9.59 Å². The summed E-state index contributed by atoms with van der Waals surface area (Å²) in [6, 6.07) is -0.431. The summed E-state index contributed by atoms with van der Waals surface area (Å²) in [5.74, 6) is -1.51. The minimum Gasteiger partial charge on any atom is -0.289 e. The summed E-state index contributed by atoms with van der Waals surface area (Å²) in [6.07, 6.45) is 0.0560. The van der Waals surface area contributed by atoms with E-state index in [1.807, 2.05) is 0 Å². The quantitative estimate of drug-likeness (QED) is 0.365. The lowest BCUT2D eigenvalue weighted by atomic mass is 10.3. The molecule has 9 heteroatoms. The van der Waals surface area contributed by atoms with Crippen LogP contribution in [-0.4, -0.2) is 28.9 Å². The maximum Gasteiger partial charge on any atom is 0.322 e. The third-order valence-electron chi connectivity index (χ3n) is 1.18. The van der Waals surface area contributed by atoms with Gasteiger partial charge in [0.2, 0.25) is 5.78 Å². The number of hydrazine groups is 2. The summed E-state index contributed by atoms with van der Waals surface area (Å²) in [5.41, 5.74) is 4.11. The number of carbonyl (C=O) groups is 2. The second kappa shape index (κ2) is 8.84. The Labute approximate surface area is 96.4 Å². The zero-order chi connectivity index (χ0) is 11.7. The number of ketones is 1. The van der Waals surface area contributed by atoms with Gasteiger partial charge in [-0.15, -0.1) is 0 Å². The average Bonchev–Trinajstić information content (AvgIpc) is 2.27. The summed E-state index contributed by atoms with van der Waals surface area (Å²) >= 11 is 10.4. The molecule has 2 N–H and O–H groups in total. The number of rotatable bonds is 8. The van der Waals surface area contributed by atoms with E-state index < -0.39 is 11.7 Å². The van der Waals surface area contributed by atoms with Crippen molar-refractivity contribution in [3.05, 3.63) is 0 Å². The number of carbonyl (C=O) groups excluding carboxylic acids is 2. The molecule has 0 bridgehead atoms. The molecular formula is C6H11Cl2N3O4. The summed E-state index contributed by atoms with van der Waals surface area (Å²) in [5, 5.41) is 0.594. The van der Waals surface area contributed by atoms with E-state index >= 15 is 0 Å². The highest BCUT2D eigenvalue weighted by atomic mass is 35.5. The lowest BCUT2D eigenvalue weighted by molar-refractivity contribution is -0.192. The fourth-order valence-corrected chi connectivity index (χ4v) is 0.653. The van der Waals surface area contributed by atoms with Crippen molar-refractivity contribution >= 4 is 34.9 Å². The van der Waals surface area contributed by atoms with Crippen LogP contribution in [0, 0.1) is 0 Å². The highest BCUT2D eigenvalue weighted by molar-refractivity contribution is 6.35. The Morgan fingerprint density at radius 2 is 1.67 bits per heavy atom. The van der Waals surface area contributed by atoms with E-state index in [1.54, 1.807) is 6.92 Å². The minimum atomic E-state index is -0.882. The molecule has 15 heavy (non-hydrogen) atoms. The summed E-state index contributed by atoms with van der Waals surface area (Å²) in [7, 11) is 0. The third kappa shape index (κ3) is 5.88. The average molecular weight is 260 g/mol. The van der Waals surface area contributed by atoms with E-state index in [1.165, 1.54) is 0 Å². The molecule has 0 saturated carbocycles. The molecule has 7 nitrogen and oxygen atoms in total. The zero-order valence-electron chi connectivity index (χ0n) is 7.96. The molecule has 0 heterocycles. The second-order valence-electron chi connectivity index (χ2n) is 2.11. The Kier molecular flexibility index (Phi) is 8.58. The first-order chi connectivity index (χ1) is 7.17. The molecule has 0 aliphatic carbocycles. The van der Waals surface area contributed by atoms with Crippen molar-refractivity contribution in [2.24, 2.45) is 0 Å². The number of hydrogen-bond donors (Lipinski definition) is 2. The van der Waals surface area contributed by atoms with E-state index in [2.05, 4.69) is 20.9 Å². The molecule has 1 amide bonds. The molecule has 0 aromatic rings. The Morgan fingerprint density at radius 3 is 2.00 bits per heavy atom.